The number of hydrogen-bond acceptors (Lipinski definition) is 8. The number of ether oxygens (including phenoxy) is 3. The Labute approximate surface area is 153 Å². The van der Waals surface area contributed by atoms with Crippen LogP contribution >= 0.6 is 11.3 Å². The first-order valence-corrected chi connectivity index (χ1v) is 8.45. The van der Waals surface area contributed by atoms with Crippen LogP contribution in [0.25, 0.3) is 0 Å². The molecule has 26 heavy (non-hydrogen) atoms. The van der Waals surface area contributed by atoms with E-state index in [0.717, 1.165) is 10.9 Å². The van der Waals surface area contributed by atoms with E-state index in [-0.39, 0.29) is 29.5 Å². The highest BCUT2D eigenvalue weighted by Crippen LogP contribution is 2.35. The fourth-order valence-corrected chi connectivity index (χ4v) is 2.95. The summed E-state index contributed by atoms with van der Waals surface area (Å²) in [6.45, 7) is 3.34. The highest BCUT2D eigenvalue weighted by Gasteiger charge is 2.26. The smallest absolute Gasteiger partial charge is 0.345 e. The van der Waals surface area contributed by atoms with Crippen LogP contribution in [-0.4, -0.2) is 37.0 Å². The first-order chi connectivity index (χ1) is 12.4. The molecule has 0 amide bonds. The summed E-state index contributed by atoms with van der Waals surface area (Å²) in [6.07, 6.45) is 0. The van der Waals surface area contributed by atoms with Gasteiger partial charge in [-0.1, -0.05) is 0 Å². The van der Waals surface area contributed by atoms with Crippen LogP contribution in [0, 0.1) is 17.0 Å². The minimum atomic E-state index is -0.984. The lowest BCUT2D eigenvalue weighted by molar-refractivity contribution is -0.385. The molecule has 0 spiro atoms. The second kappa shape index (κ2) is 8.43. The predicted molar refractivity (Wildman–Crippen MR) is 94.5 cm³/mol. The molecule has 0 radical (unpaired) electrons. The molecule has 0 unspecified atom stereocenters. The van der Waals surface area contributed by atoms with Gasteiger partial charge < -0.3 is 14.2 Å². The molecule has 0 aliphatic heterocycles. The number of esters is 1. The van der Waals surface area contributed by atoms with Crippen LogP contribution in [0.2, 0.25) is 0 Å². The van der Waals surface area contributed by atoms with Gasteiger partial charge in [0.05, 0.1) is 29.6 Å². The van der Waals surface area contributed by atoms with Crippen molar-refractivity contribution >= 4 is 28.8 Å². The third-order valence-electron chi connectivity index (χ3n) is 3.35. The highest BCUT2D eigenvalue weighted by molar-refractivity contribution is 7.14. The van der Waals surface area contributed by atoms with Crippen molar-refractivity contribution in [3.8, 4) is 11.5 Å². The van der Waals surface area contributed by atoms with E-state index < -0.39 is 23.2 Å². The molecule has 0 bridgehead atoms. The van der Waals surface area contributed by atoms with Crippen molar-refractivity contribution in [1.29, 1.82) is 0 Å². The van der Waals surface area contributed by atoms with Crippen molar-refractivity contribution in [3.05, 3.63) is 49.7 Å². The molecule has 2 aromatic rings. The highest BCUT2D eigenvalue weighted by atomic mass is 32.1. The van der Waals surface area contributed by atoms with Gasteiger partial charge in [0.1, 0.15) is 5.56 Å². The second-order valence-electron chi connectivity index (χ2n) is 5.12. The van der Waals surface area contributed by atoms with Gasteiger partial charge in [-0.25, -0.2) is 4.79 Å². The summed E-state index contributed by atoms with van der Waals surface area (Å²) in [5, 5.41) is 11.3. The predicted octanol–water partition coefficient (Wildman–Crippen LogP) is 3.41. The van der Waals surface area contributed by atoms with E-state index in [4.69, 9.17) is 14.2 Å². The van der Waals surface area contributed by atoms with Crippen LogP contribution in [0.5, 0.6) is 11.5 Å². The first-order valence-electron chi connectivity index (χ1n) is 7.63. The average molecular weight is 379 g/mol. The third-order valence-corrected chi connectivity index (χ3v) is 4.39. The van der Waals surface area contributed by atoms with E-state index in [1.165, 1.54) is 24.5 Å². The van der Waals surface area contributed by atoms with Crippen LogP contribution in [0.3, 0.4) is 0 Å². The topological polar surface area (TPSA) is 105 Å². The lowest BCUT2D eigenvalue weighted by Crippen LogP contribution is -2.15. The summed E-state index contributed by atoms with van der Waals surface area (Å²) in [5.41, 5.74) is -0.802. The molecular formula is C17H17NO7S. The standard InChI is InChI=1S/C17H17NO7S/c1-4-24-15-7-11(12(18(21)22)8-14(15)23-3)17(20)25-9-13(19)16-6-5-10(2)26-16/h5-8H,4,9H2,1-3H3. The molecular weight excluding hydrogens is 362 g/mol. The Kier molecular flexibility index (Phi) is 6.29. The Morgan fingerprint density at radius 2 is 1.96 bits per heavy atom. The SMILES string of the molecule is CCOc1cc(C(=O)OCC(=O)c2ccc(C)s2)c([N+](=O)[O-])cc1OC. The maximum atomic E-state index is 12.3. The Morgan fingerprint density at radius 1 is 1.23 bits per heavy atom. The van der Waals surface area contributed by atoms with Crippen molar-refractivity contribution in [3.63, 3.8) is 0 Å². The zero-order valence-electron chi connectivity index (χ0n) is 14.4. The molecule has 1 aromatic heterocycles. The minimum absolute atomic E-state index is 0.125. The maximum Gasteiger partial charge on any atom is 0.345 e. The zero-order chi connectivity index (χ0) is 19.3. The lowest BCUT2D eigenvalue weighted by atomic mass is 10.1. The Morgan fingerprint density at radius 3 is 2.50 bits per heavy atom. The van der Waals surface area contributed by atoms with Crippen molar-refractivity contribution in [2.45, 2.75) is 13.8 Å². The van der Waals surface area contributed by atoms with Gasteiger partial charge in [0.15, 0.2) is 18.1 Å². The van der Waals surface area contributed by atoms with E-state index >= 15 is 0 Å². The quantitative estimate of drug-likeness (QED) is 0.299. The maximum absolute atomic E-state index is 12.3. The minimum Gasteiger partial charge on any atom is -0.493 e. The number of carbonyl (C=O) groups excluding carboxylic acids is 2. The number of benzene rings is 1. The number of nitro benzene ring substituents is 1. The van der Waals surface area contributed by atoms with E-state index in [1.54, 1.807) is 19.1 Å². The van der Waals surface area contributed by atoms with Crippen LogP contribution < -0.4 is 9.47 Å². The molecule has 0 aliphatic carbocycles. The summed E-state index contributed by atoms with van der Waals surface area (Å²) in [6, 6.07) is 5.69. The van der Waals surface area contributed by atoms with Crippen LogP contribution in [0.1, 0.15) is 31.8 Å². The number of thiophene rings is 1. The largest absolute Gasteiger partial charge is 0.493 e. The number of carbonyl (C=O) groups is 2. The lowest BCUT2D eigenvalue weighted by Gasteiger charge is -2.11. The molecule has 9 heteroatoms. The van der Waals surface area contributed by atoms with E-state index in [1.807, 2.05) is 6.92 Å². The Balaban J connectivity index is 2.24. The summed E-state index contributed by atoms with van der Waals surface area (Å²) in [7, 11) is 1.33. The molecule has 138 valence electrons. The van der Waals surface area contributed by atoms with E-state index in [9.17, 15) is 19.7 Å². The fraction of sp³-hybridized carbons (Fsp3) is 0.294. The average Bonchev–Trinajstić information content (AvgIpc) is 3.05. The summed E-state index contributed by atoms with van der Waals surface area (Å²) < 4.78 is 15.3. The van der Waals surface area contributed by atoms with Gasteiger partial charge >= 0.3 is 5.97 Å². The number of hydrogen-bond donors (Lipinski definition) is 0. The van der Waals surface area contributed by atoms with Gasteiger partial charge in [-0.15, -0.1) is 11.3 Å². The number of rotatable bonds is 8. The van der Waals surface area contributed by atoms with Crippen molar-refractivity contribution in [2.75, 3.05) is 20.3 Å². The number of Topliss-reactive ketones (excluding diaryl/α,β-unsaturated/α-hetero) is 1. The molecule has 0 saturated heterocycles. The molecule has 1 heterocycles. The van der Waals surface area contributed by atoms with Gasteiger partial charge in [0.2, 0.25) is 5.78 Å². The van der Waals surface area contributed by atoms with Gasteiger partial charge in [0, 0.05) is 10.9 Å². The molecule has 1 aromatic carbocycles. The zero-order valence-corrected chi connectivity index (χ0v) is 15.3. The summed E-state index contributed by atoms with van der Waals surface area (Å²) in [5.74, 6) is -1.06. The van der Waals surface area contributed by atoms with Gasteiger partial charge in [-0.2, -0.15) is 0 Å². The monoisotopic (exact) mass is 379 g/mol. The van der Waals surface area contributed by atoms with Crippen molar-refractivity contribution < 1.29 is 28.7 Å². The number of aryl methyl sites for hydroxylation is 1. The third kappa shape index (κ3) is 4.37. The summed E-state index contributed by atoms with van der Waals surface area (Å²) in [4.78, 5) is 36.3. The van der Waals surface area contributed by atoms with Crippen molar-refractivity contribution in [1.82, 2.24) is 0 Å². The molecule has 0 fully saturated rings. The number of nitro groups is 1. The van der Waals surface area contributed by atoms with Crippen LogP contribution in [-0.2, 0) is 4.74 Å². The normalized spacial score (nSPS) is 10.3. The van der Waals surface area contributed by atoms with Crippen molar-refractivity contribution in [2.24, 2.45) is 0 Å². The molecule has 0 saturated carbocycles. The molecule has 8 nitrogen and oxygen atoms in total. The molecule has 0 aliphatic rings. The first kappa shape index (κ1) is 19.4. The van der Waals surface area contributed by atoms with Crippen LogP contribution in [0.4, 0.5) is 5.69 Å². The van der Waals surface area contributed by atoms with Gasteiger partial charge in [0.25, 0.3) is 5.69 Å². The van der Waals surface area contributed by atoms with Gasteiger partial charge in [-0.3, -0.25) is 14.9 Å². The number of nitrogens with zero attached hydrogens (tertiary/aromatic N) is 1. The van der Waals surface area contributed by atoms with E-state index in [0.29, 0.717) is 4.88 Å². The summed E-state index contributed by atoms with van der Waals surface area (Å²) >= 11 is 1.28. The number of methoxy groups -OCH3 is 1. The number of ketones is 1. The van der Waals surface area contributed by atoms with Crippen LogP contribution in [0.15, 0.2) is 24.3 Å². The Bertz CT molecular complexity index is 844. The van der Waals surface area contributed by atoms with E-state index in [2.05, 4.69) is 0 Å². The Hall–Kier alpha value is -2.94. The molecule has 0 N–H and O–H groups in total. The molecule has 2 rings (SSSR count). The molecule has 0 atom stereocenters. The second-order valence-corrected chi connectivity index (χ2v) is 6.41. The fourth-order valence-electron chi connectivity index (χ4n) is 2.16. The van der Waals surface area contributed by atoms with Gasteiger partial charge in [-0.05, 0) is 26.0 Å².